The monoisotopic (exact) mass is 232 g/mol. The van der Waals surface area contributed by atoms with Gasteiger partial charge in [0.15, 0.2) is 0 Å². The average Bonchev–Trinajstić information content (AvgIpc) is 2.21. The Bertz CT molecular complexity index is 215. The Balaban J connectivity index is 3.59. The highest BCUT2D eigenvalue weighted by atomic mass is 16.5. The second kappa shape index (κ2) is 7.46. The Kier molecular flexibility index (Phi) is 7.08. The third-order valence-corrected chi connectivity index (χ3v) is 2.35. The molecule has 0 bridgehead atoms. The van der Waals surface area contributed by atoms with Crippen molar-refractivity contribution in [1.29, 1.82) is 0 Å². The zero-order valence-corrected chi connectivity index (χ0v) is 10.7. The van der Waals surface area contributed by atoms with E-state index in [1.165, 1.54) is 0 Å². The van der Waals surface area contributed by atoms with Gasteiger partial charge in [-0.3, -0.25) is 0 Å². The lowest BCUT2D eigenvalue weighted by Gasteiger charge is -2.22. The lowest BCUT2D eigenvalue weighted by atomic mass is 9.88. The van der Waals surface area contributed by atoms with Crippen molar-refractivity contribution in [3.63, 3.8) is 0 Å². The van der Waals surface area contributed by atoms with Gasteiger partial charge in [0, 0.05) is 12.0 Å². The molecule has 0 aromatic heterocycles. The molecule has 0 aromatic carbocycles. The molecule has 0 aliphatic carbocycles. The van der Waals surface area contributed by atoms with E-state index in [2.05, 4.69) is 5.16 Å². The molecule has 0 fully saturated rings. The normalized spacial score (nSPS) is 13.4. The fraction of sp³-hybridized carbons (Fsp3) is 0.909. The van der Waals surface area contributed by atoms with Crippen LogP contribution in [0.2, 0.25) is 0 Å². The molecule has 5 heteroatoms. The van der Waals surface area contributed by atoms with Crippen LogP contribution in [-0.4, -0.2) is 37.0 Å². The highest BCUT2D eigenvalue weighted by molar-refractivity contribution is 5.85. The van der Waals surface area contributed by atoms with Gasteiger partial charge < -0.3 is 20.4 Å². The molecule has 0 saturated carbocycles. The van der Waals surface area contributed by atoms with Crippen molar-refractivity contribution in [2.75, 3.05) is 19.8 Å². The molecular formula is C11H24N2O3. The molecule has 5 nitrogen and oxygen atoms in total. The molecule has 0 heterocycles. The minimum Gasteiger partial charge on any atom is -0.409 e. The van der Waals surface area contributed by atoms with Gasteiger partial charge in [0.25, 0.3) is 0 Å². The van der Waals surface area contributed by atoms with Crippen LogP contribution in [0.3, 0.4) is 0 Å². The molecule has 0 aliphatic rings. The summed E-state index contributed by atoms with van der Waals surface area (Å²) >= 11 is 0. The van der Waals surface area contributed by atoms with Gasteiger partial charge in [0.1, 0.15) is 5.84 Å². The first kappa shape index (κ1) is 15.2. The van der Waals surface area contributed by atoms with E-state index in [1.54, 1.807) is 0 Å². The van der Waals surface area contributed by atoms with Crippen molar-refractivity contribution in [2.24, 2.45) is 16.3 Å². The van der Waals surface area contributed by atoms with E-state index in [0.29, 0.717) is 26.2 Å². The molecule has 96 valence electrons. The molecule has 0 atom stereocenters. The van der Waals surface area contributed by atoms with Gasteiger partial charge in [-0.15, -0.1) is 0 Å². The van der Waals surface area contributed by atoms with Crippen molar-refractivity contribution >= 4 is 5.84 Å². The zero-order chi connectivity index (χ0) is 12.6. The second-order valence-electron chi connectivity index (χ2n) is 4.65. The summed E-state index contributed by atoms with van der Waals surface area (Å²) in [5, 5.41) is 11.6. The molecule has 0 saturated heterocycles. The van der Waals surface area contributed by atoms with Crippen LogP contribution in [0.25, 0.3) is 0 Å². The Labute approximate surface area is 97.6 Å². The smallest absolute Gasteiger partial charge is 0.144 e. The first-order chi connectivity index (χ1) is 7.40. The number of hydrogen-bond acceptors (Lipinski definition) is 4. The highest BCUT2D eigenvalue weighted by Crippen LogP contribution is 2.19. The van der Waals surface area contributed by atoms with Gasteiger partial charge in [0.05, 0.1) is 19.3 Å². The number of amidine groups is 1. The van der Waals surface area contributed by atoms with E-state index in [-0.39, 0.29) is 17.4 Å². The van der Waals surface area contributed by atoms with E-state index in [1.807, 2.05) is 27.7 Å². The van der Waals surface area contributed by atoms with E-state index >= 15 is 0 Å². The summed E-state index contributed by atoms with van der Waals surface area (Å²) in [7, 11) is 0. The Morgan fingerprint density at radius 2 is 1.94 bits per heavy atom. The number of ether oxygens (including phenoxy) is 2. The third kappa shape index (κ3) is 6.63. The van der Waals surface area contributed by atoms with Gasteiger partial charge >= 0.3 is 0 Å². The molecule has 0 spiro atoms. The summed E-state index contributed by atoms with van der Waals surface area (Å²) in [4.78, 5) is 0. The Hall–Kier alpha value is -0.810. The van der Waals surface area contributed by atoms with Crippen LogP contribution in [0.15, 0.2) is 5.16 Å². The minimum absolute atomic E-state index is 0.231. The third-order valence-electron chi connectivity index (χ3n) is 2.35. The van der Waals surface area contributed by atoms with Crippen molar-refractivity contribution in [1.82, 2.24) is 0 Å². The second-order valence-corrected chi connectivity index (χ2v) is 4.65. The van der Waals surface area contributed by atoms with E-state index in [4.69, 9.17) is 20.4 Å². The summed E-state index contributed by atoms with van der Waals surface area (Å²) in [6, 6.07) is 0. The largest absolute Gasteiger partial charge is 0.409 e. The summed E-state index contributed by atoms with van der Waals surface area (Å²) < 4.78 is 10.7. The SMILES string of the molecule is CC(C)OCCOCCC(C)(C)C(N)=NO. The van der Waals surface area contributed by atoms with Crippen molar-refractivity contribution in [2.45, 2.75) is 40.2 Å². The van der Waals surface area contributed by atoms with E-state index in [0.717, 1.165) is 0 Å². The number of hydrogen-bond donors (Lipinski definition) is 2. The van der Waals surface area contributed by atoms with Crippen molar-refractivity contribution in [3.8, 4) is 0 Å². The van der Waals surface area contributed by atoms with Gasteiger partial charge in [-0.05, 0) is 20.3 Å². The fourth-order valence-corrected chi connectivity index (χ4v) is 1.04. The molecular weight excluding hydrogens is 208 g/mol. The quantitative estimate of drug-likeness (QED) is 0.219. The van der Waals surface area contributed by atoms with Crippen LogP contribution < -0.4 is 5.73 Å². The van der Waals surface area contributed by atoms with Crippen LogP contribution >= 0.6 is 0 Å². The van der Waals surface area contributed by atoms with Crippen LogP contribution in [0.1, 0.15) is 34.1 Å². The summed E-state index contributed by atoms with van der Waals surface area (Å²) in [6.07, 6.45) is 0.946. The molecule has 16 heavy (non-hydrogen) atoms. The number of nitrogens with two attached hydrogens (primary N) is 1. The highest BCUT2D eigenvalue weighted by Gasteiger charge is 2.22. The summed E-state index contributed by atoms with van der Waals surface area (Å²) in [6.45, 7) is 9.55. The number of nitrogens with zero attached hydrogens (tertiary/aromatic N) is 1. The van der Waals surface area contributed by atoms with Gasteiger partial charge in [0.2, 0.25) is 0 Å². The molecule has 0 amide bonds. The lowest BCUT2D eigenvalue weighted by Crippen LogP contribution is -2.33. The maximum absolute atomic E-state index is 8.57. The molecule has 0 aromatic rings. The predicted octanol–water partition coefficient (Wildman–Crippen LogP) is 1.59. The number of oxime groups is 1. The molecule has 0 aliphatic heterocycles. The maximum atomic E-state index is 8.57. The topological polar surface area (TPSA) is 77.1 Å². The minimum atomic E-state index is -0.340. The zero-order valence-electron chi connectivity index (χ0n) is 10.7. The van der Waals surface area contributed by atoms with Crippen LogP contribution in [0.5, 0.6) is 0 Å². The van der Waals surface area contributed by atoms with E-state index in [9.17, 15) is 0 Å². The molecule has 0 rings (SSSR count). The average molecular weight is 232 g/mol. The summed E-state index contributed by atoms with van der Waals surface area (Å²) in [5.74, 6) is 0.231. The van der Waals surface area contributed by atoms with Gasteiger partial charge in [-0.25, -0.2) is 0 Å². The lowest BCUT2D eigenvalue weighted by molar-refractivity contribution is 0.0155. The Morgan fingerprint density at radius 1 is 1.31 bits per heavy atom. The Morgan fingerprint density at radius 3 is 2.44 bits per heavy atom. The summed E-state index contributed by atoms with van der Waals surface area (Å²) in [5.41, 5.74) is 5.21. The van der Waals surface area contributed by atoms with Crippen molar-refractivity contribution in [3.05, 3.63) is 0 Å². The van der Waals surface area contributed by atoms with Crippen LogP contribution in [-0.2, 0) is 9.47 Å². The van der Waals surface area contributed by atoms with E-state index < -0.39 is 0 Å². The van der Waals surface area contributed by atoms with Crippen LogP contribution in [0.4, 0.5) is 0 Å². The molecule has 0 unspecified atom stereocenters. The van der Waals surface area contributed by atoms with Crippen LogP contribution in [0, 0.1) is 5.41 Å². The first-order valence-electron chi connectivity index (χ1n) is 5.57. The maximum Gasteiger partial charge on any atom is 0.144 e. The van der Waals surface area contributed by atoms with Crippen molar-refractivity contribution < 1.29 is 14.7 Å². The first-order valence-corrected chi connectivity index (χ1v) is 5.57. The fourth-order valence-electron chi connectivity index (χ4n) is 1.04. The van der Waals surface area contributed by atoms with Gasteiger partial charge in [-0.1, -0.05) is 19.0 Å². The standard InChI is InChI=1S/C11H24N2O3/c1-9(2)16-8-7-15-6-5-11(3,4)10(12)13-14/h9,14H,5-8H2,1-4H3,(H2,12,13). The molecule has 3 N–H and O–H groups in total. The predicted molar refractivity (Wildman–Crippen MR) is 63.7 cm³/mol. The van der Waals surface area contributed by atoms with Gasteiger partial charge in [-0.2, -0.15) is 0 Å². The molecule has 0 radical (unpaired) electrons. The number of rotatable bonds is 8.